The Bertz CT molecular complexity index is 1410. The molecule has 1 aliphatic heterocycles. The van der Waals surface area contributed by atoms with Crippen LogP contribution in [0.4, 0.5) is 5.82 Å². The molecule has 1 aromatic heterocycles. The predicted octanol–water partition coefficient (Wildman–Crippen LogP) is 3.12. The lowest BCUT2D eigenvalue weighted by molar-refractivity contribution is 0.0953. The average molecular weight is 420 g/mol. The average Bonchev–Trinajstić information content (AvgIpc) is 3.03. The van der Waals surface area contributed by atoms with Gasteiger partial charge in [0.15, 0.2) is 5.78 Å². The molecule has 150 valence electrons. The summed E-state index contributed by atoms with van der Waals surface area (Å²) in [5.41, 5.74) is 3.01. The number of halogens is 1. The standard InChI is InChI=1S/C23H18ClN3O3/c1-11-8-9-12(10-15(11)24)16-17-19(13-6-4-5-7-14(13)20(17)28)25-21-18(16)22(29)27(3)23(30)26(21)2/h4-10,16-17H,1-3H3/t16-,17+/m1/s1. The predicted molar refractivity (Wildman–Crippen MR) is 115 cm³/mol. The number of aromatic nitrogens is 2. The lowest BCUT2D eigenvalue weighted by atomic mass is 9.76. The second kappa shape index (κ2) is 6.37. The molecule has 0 saturated heterocycles. The molecule has 0 radical (unpaired) electrons. The van der Waals surface area contributed by atoms with Crippen molar-refractivity contribution in [3.8, 4) is 0 Å². The lowest BCUT2D eigenvalue weighted by Gasteiger charge is -2.30. The Morgan fingerprint density at radius 3 is 2.33 bits per heavy atom. The van der Waals surface area contributed by atoms with E-state index in [1.54, 1.807) is 19.2 Å². The quantitative estimate of drug-likeness (QED) is 0.608. The highest BCUT2D eigenvalue weighted by molar-refractivity contribution is 6.31. The number of hydrogen-bond donors (Lipinski definition) is 0. The smallest absolute Gasteiger partial charge is 0.293 e. The van der Waals surface area contributed by atoms with E-state index in [9.17, 15) is 14.4 Å². The Hall–Kier alpha value is -3.25. The van der Waals surface area contributed by atoms with Gasteiger partial charge in [-0.2, -0.15) is 0 Å². The van der Waals surface area contributed by atoms with Gasteiger partial charge in [0.2, 0.25) is 0 Å². The molecule has 0 spiro atoms. The van der Waals surface area contributed by atoms with E-state index in [2.05, 4.69) is 4.99 Å². The summed E-state index contributed by atoms with van der Waals surface area (Å²) in [5.74, 6) is -1.01. The minimum absolute atomic E-state index is 0.0763. The van der Waals surface area contributed by atoms with Gasteiger partial charge in [-0.3, -0.25) is 18.7 Å². The summed E-state index contributed by atoms with van der Waals surface area (Å²) >= 11 is 6.40. The van der Waals surface area contributed by atoms with Gasteiger partial charge in [-0.1, -0.05) is 48.0 Å². The second-order valence-corrected chi connectivity index (χ2v) is 8.22. The van der Waals surface area contributed by atoms with E-state index in [-0.39, 0.29) is 5.78 Å². The SMILES string of the molecule is Cc1ccc([C@H]2c3c(n(C)c(=O)n(C)c3=O)N=C3c4ccccc4C(=O)[C@H]32)cc1Cl. The lowest BCUT2D eigenvalue weighted by Crippen LogP contribution is -2.43. The zero-order valence-electron chi connectivity index (χ0n) is 16.6. The monoisotopic (exact) mass is 419 g/mol. The molecule has 0 unspecified atom stereocenters. The molecular formula is C23H18ClN3O3. The van der Waals surface area contributed by atoms with Gasteiger partial charge in [-0.15, -0.1) is 0 Å². The van der Waals surface area contributed by atoms with Crippen molar-refractivity contribution in [1.29, 1.82) is 0 Å². The largest absolute Gasteiger partial charge is 0.332 e. The molecule has 3 aromatic rings. The normalized spacial score (nSPS) is 19.2. The van der Waals surface area contributed by atoms with Gasteiger partial charge in [0, 0.05) is 36.2 Å². The summed E-state index contributed by atoms with van der Waals surface area (Å²) in [5, 5.41) is 0.558. The van der Waals surface area contributed by atoms with E-state index in [1.165, 1.54) is 11.6 Å². The van der Waals surface area contributed by atoms with Crippen molar-refractivity contribution in [2.75, 3.05) is 0 Å². The number of fused-ring (bicyclic) bond motifs is 4. The van der Waals surface area contributed by atoms with Crippen molar-refractivity contribution in [2.45, 2.75) is 12.8 Å². The van der Waals surface area contributed by atoms with E-state index in [1.807, 2.05) is 37.3 Å². The second-order valence-electron chi connectivity index (χ2n) is 7.81. The molecule has 1 aliphatic carbocycles. The summed E-state index contributed by atoms with van der Waals surface area (Å²) in [6.45, 7) is 1.90. The van der Waals surface area contributed by atoms with Crippen molar-refractivity contribution in [1.82, 2.24) is 9.13 Å². The number of aliphatic imine (C=N–C) groups is 1. The van der Waals surface area contributed by atoms with E-state index in [0.29, 0.717) is 27.7 Å². The van der Waals surface area contributed by atoms with Crippen molar-refractivity contribution < 1.29 is 4.79 Å². The Labute approximate surface area is 177 Å². The van der Waals surface area contributed by atoms with Crippen LogP contribution in [0.15, 0.2) is 57.0 Å². The minimum Gasteiger partial charge on any atom is -0.293 e. The van der Waals surface area contributed by atoms with Crippen LogP contribution in [-0.2, 0) is 14.1 Å². The number of rotatable bonds is 1. The number of ketones is 1. The number of benzene rings is 2. The molecule has 2 aliphatic rings. The third kappa shape index (κ3) is 2.37. The summed E-state index contributed by atoms with van der Waals surface area (Å²) in [4.78, 5) is 43.9. The van der Waals surface area contributed by atoms with Crippen LogP contribution in [-0.4, -0.2) is 20.6 Å². The van der Waals surface area contributed by atoms with Crippen molar-refractivity contribution >= 4 is 28.9 Å². The fraction of sp³-hybridized carbons (Fsp3) is 0.217. The Morgan fingerprint density at radius 1 is 0.933 bits per heavy atom. The number of nitrogens with zero attached hydrogens (tertiary/aromatic N) is 3. The van der Waals surface area contributed by atoms with E-state index in [0.717, 1.165) is 21.3 Å². The number of Topliss-reactive ketones (excluding diaryl/α,β-unsaturated/α-hetero) is 1. The van der Waals surface area contributed by atoms with Crippen LogP contribution in [0.1, 0.15) is 38.5 Å². The first-order valence-corrected chi connectivity index (χ1v) is 9.97. The molecular weight excluding hydrogens is 402 g/mol. The van der Waals surface area contributed by atoms with Gasteiger partial charge in [0.1, 0.15) is 5.82 Å². The molecule has 0 fully saturated rings. The highest BCUT2D eigenvalue weighted by Gasteiger charge is 2.47. The third-order valence-corrected chi connectivity index (χ3v) is 6.55. The zero-order chi connectivity index (χ0) is 21.3. The maximum absolute atomic E-state index is 13.4. The highest BCUT2D eigenvalue weighted by atomic mass is 35.5. The molecule has 2 heterocycles. The van der Waals surface area contributed by atoms with Crippen LogP contribution in [0.25, 0.3) is 0 Å². The first kappa shape index (κ1) is 18.8. The molecule has 0 saturated carbocycles. The maximum atomic E-state index is 13.4. The zero-order valence-corrected chi connectivity index (χ0v) is 17.4. The van der Waals surface area contributed by atoms with Gasteiger partial charge >= 0.3 is 5.69 Å². The number of carbonyl (C=O) groups excluding carboxylic acids is 1. The van der Waals surface area contributed by atoms with Crippen LogP contribution >= 0.6 is 11.6 Å². The summed E-state index contributed by atoms with van der Waals surface area (Å²) in [6, 6.07) is 12.9. The molecule has 6 nitrogen and oxygen atoms in total. The number of hydrogen-bond acceptors (Lipinski definition) is 4. The van der Waals surface area contributed by atoms with E-state index >= 15 is 0 Å². The highest BCUT2D eigenvalue weighted by Crippen LogP contribution is 2.46. The third-order valence-electron chi connectivity index (χ3n) is 6.14. The van der Waals surface area contributed by atoms with Crippen LogP contribution in [0.2, 0.25) is 5.02 Å². The van der Waals surface area contributed by atoms with Crippen molar-refractivity contribution in [3.63, 3.8) is 0 Å². The van der Waals surface area contributed by atoms with Crippen LogP contribution < -0.4 is 11.2 Å². The van der Waals surface area contributed by atoms with Crippen LogP contribution in [0, 0.1) is 12.8 Å². The topological polar surface area (TPSA) is 73.4 Å². The molecule has 0 N–H and O–H groups in total. The van der Waals surface area contributed by atoms with Gasteiger partial charge in [0.25, 0.3) is 5.56 Å². The first-order valence-electron chi connectivity index (χ1n) is 9.59. The number of carbonyl (C=O) groups is 1. The maximum Gasteiger partial charge on any atom is 0.332 e. The molecule has 2 aromatic carbocycles. The number of aryl methyl sites for hydroxylation is 1. The molecule has 2 atom stereocenters. The van der Waals surface area contributed by atoms with Crippen LogP contribution in [0.3, 0.4) is 0 Å². The molecule has 0 bridgehead atoms. The Morgan fingerprint density at radius 2 is 1.63 bits per heavy atom. The first-order chi connectivity index (χ1) is 14.3. The van der Waals surface area contributed by atoms with Gasteiger partial charge < -0.3 is 0 Å². The van der Waals surface area contributed by atoms with Crippen LogP contribution in [0.5, 0.6) is 0 Å². The molecule has 5 rings (SSSR count). The van der Waals surface area contributed by atoms with Crippen molar-refractivity contribution in [2.24, 2.45) is 25.0 Å². The summed E-state index contributed by atoms with van der Waals surface area (Å²) in [6.07, 6.45) is 0. The summed E-state index contributed by atoms with van der Waals surface area (Å²) < 4.78 is 2.43. The fourth-order valence-corrected chi connectivity index (χ4v) is 4.72. The Kier molecular flexibility index (Phi) is 3.98. The van der Waals surface area contributed by atoms with E-state index < -0.39 is 23.1 Å². The van der Waals surface area contributed by atoms with Gasteiger partial charge in [-0.25, -0.2) is 9.79 Å². The van der Waals surface area contributed by atoms with Gasteiger partial charge in [-0.05, 0) is 24.1 Å². The molecule has 7 heteroatoms. The van der Waals surface area contributed by atoms with E-state index in [4.69, 9.17) is 11.6 Å². The summed E-state index contributed by atoms with van der Waals surface area (Å²) in [7, 11) is 3.03. The fourth-order valence-electron chi connectivity index (χ4n) is 4.53. The molecule has 0 amide bonds. The molecule has 30 heavy (non-hydrogen) atoms. The minimum atomic E-state index is -0.640. The Balaban J connectivity index is 1.91. The van der Waals surface area contributed by atoms with Gasteiger partial charge in [0.05, 0.1) is 17.2 Å². The van der Waals surface area contributed by atoms with Crippen molar-refractivity contribution in [3.05, 3.63) is 96.1 Å².